The van der Waals surface area contributed by atoms with Gasteiger partial charge in [0.1, 0.15) is 6.04 Å². The second-order valence-corrected chi connectivity index (χ2v) is 6.20. The highest BCUT2D eigenvalue weighted by Gasteiger charge is 2.45. The van der Waals surface area contributed by atoms with Crippen molar-refractivity contribution in [3.63, 3.8) is 0 Å². The highest BCUT2D eigenvalue weighted by Crippen LogP contribution is 2.36. The van der Waals surface area contributed by atoms with Gasteiger partial charge in [-0.3, -0.25) is 4.90 Å². The molecule has 1 unspecified atom stereocenters. The van der Waals surface area contributed by atoms with Crippen LogP contribution in [0.2, 0.25) is 0 Å². The van der Waals surface area contributed by atoms with Gasteiger partial charge < -0.3 is 10.0 Å². The number of hydrogen-bond acceptors (Lipinski definition) is 2. The molecule has 1 atom stereocenters. The fraction of sp³-hybridized carbons (Fsp3) is 0.500. The first kappa shape index (κ1) is 15.4. The monoisotopic (exact) mass is 290 g/mol. The number of rotatable bonds is 2. The SMILES string of the molecule is CN(C(=O)N1CCCC(C)(C)C1C(=O)O)c1ccccc1. The van der Waals surface area contributed by atoms with E-state index in [1.165, 1.54) is 9.80 Å². The lowest BCUT2D eigenvalue weighted by molar-refractivity contribution is -0.148. The number of aliphatic carboxylic acids is 1. The topological polar surface area (TPSA) is 60.9 Å². The molecule has 1 N–H and O–H groups in total. The molecule has 1 saturated heterocycles. The molecule has 0 aromatic heterocycles. The molecule has 21 heavy (non-hydrogen) atoms. The number of likely N-dealkylation sites (tertiary alicyclic amines) is 1. The van der Waals surface area contributed by atoms with E-state index in [0.29, 0.717) is 6.54 Å². The molecule has 1 aliphatic rings. The zero-order chi connectivity index (χ0) is 15.6. The van der Waals surface area contributed by atoms with Crippen molar-refractivity contribution in [1.29, 1.82) is 0 Å². The van der Waals surface area contributed by atoms with Crippen LogP contribution in [-0.2, 0) is 4.79 Å². The smallest absolute Gasteiger partial charge is 0.327 e. The lowest BCUT2D eigenvalue weighted by Crippen LogP contribution is -2.59. The summed E-state index contributed by atoms with van der Waals surface area (Å²) < 4.78 is 0. The van der Waals surface area contributed by atoms with Crippen molar-refractivity contribution in [2.45, 2.75) is 32.7 Å². The molecule has 2 amide bonds. The number of carbonyl (C=O) groups is 2. The van der Waals surface area contributed by atoms with Crippen molar-refractivity contribution in [2.24, 2.45) is 5.41 Å². The third-order valence-corrected chi connectivity index (χ3v) is 4.18. The van der Waals surface area contributed by atoms with Crippen LogP contribution in [0.3, 0.4) is 0 Å². The van der Waals surface area contributed by atoms with Gasteiger partial charge in [0, 0.05) is 19.3 Å². The summed E-state index contributed by atoms with van der Waals surface area (Å²) in [5.74, 6) is -0.936. The molecule has 0 radical (unpaired) electrons. The first-order chi connectivity index (χ1) is 9.84. The third-order valence-electron chi connectivity index (χ3n) is 4.18. The van der Waals surface area contributed by atoms with Gasteiger partial charge in [-0.25, -0.2) is 9.59 Å². The van der Waals surface area contributed by atoms with Crippen molar-refractivity contribution >= 4 is 17.7 Å². The minimum atomic E-state index is -0.936. The quantitative estimate of drug-likeness (QED) is 0.911. The van der Waals surface area contributed by atoms with Crippen molar-refractivity contribution in [3.8, 4) is 0 Å². The van der Waals surface area contributed by atoms with Crippen LogP contribution in [0.5, 0.6) is 0 Å². The summed E-state index contributed by atoms with van der Waals surface area (Å²) in [6, 6.07) is 8.21. The second-order valence-electron chi connectivity index (χ2n) is 6.20. The predicted molar refractivity (Wildman–Crippen MR) is 81.4 cm³/mol. The van der Waals surface area contributed by atoms with Gasteiger partial charge in [-0.2, -0.15) is 0 Å². The Balaban J connectivity index is 2.26. The lowest BCUT2D eigenvalue weighted by atomic mass is 9.76. The molecule has 0 bridgehead atoms. The number of benzene rings is 1. The average Bonchev–Trinajstić information content (AvgIpc) is 2.45. The molecule has 2 rings (SSSR count). The van der Waals surface area contributed by atoms with E-state index in [0.717, 1.165) is 18.5 Å². The normalized spacial score (nSPS) is 20.9. The standard InChI is InChI=1S/C16H22N2O3/c1-16(2)10-7-11-18(13(16)14(19)20)15(21)17(3)12-8-5-4-6-9-12/h4-6,8-9,13H,7,10-11H2,1-3H3,(H,19,20). The summed E-state index contributed by atoms with van der Waals surface area (Å²) in [7, 11) is 1.68. The first-order valence-corrected chi connectivity index (χ1v) is 7.17. The number of para-hydroxylation sites is 1. The fourth-order valence-electron chi connectivity index (χ4n) is 3.02. The van der Waals surface area contributed by atoms with E-state index in [1.807, 2.05) is 44.2 Å². The van der Waals surface area contributed by atoms with Crippen LogP contribution in [0.4, 0.5) is 10.5 Å². The molecule has 1 fully saturated rings. The average molecular weight is 290 g/mol. The highest BCUT2D eigenvalue weighted by molar-refractivity contribution is 5.94. The number of anilines is 1. The summed E-state index contributed by atoms with van der Waals surface area (Å²) >= 11 is 0. The summed E-state index contributed by atoms with van der Waals surface area (Å²) in [6.45, 7) is 4.30. The van der Waals surface area contributed by atoms with Crippen molar-refractivity contribution in [1.82, 2.24) is 4.90 Å². The number of carboxylic acid groups (broad SMARTS) is 1. The van der Waals surface area contributed by atoms with Gasteiger partial charge in [0.2, 0.25) is 0 Å². The van der Waals surface area contributed by atoms with Crippen LogP contribution in [0.25, 0.3) is 0 Å². The number of nitrogens with zero attached hydrogens (tertiary/aromatic N) is 2. The molecule has 5 nitrogen and oxygen atoms in total. The summed E-state index contributed by atoms with van der Waals surface area (Å²) in [5.41, 5.74) is 0.340. The van der Waals surface area contributed by atoms with Gasteiger partial charge in [-0.15, -0.1) is 0 Å². The van der Waals surface area contributed by atoms with Gasteiger partial charge >= 0.3 is 12.0 Å². The Morgan fingerprint density at radius 1 is 1.29 bits per heavy atom. The Morgan fingerprint density at radius 2 is 1.90 bits per heavy atom. The Kier molecular flexibility index (Phi) is 4.21. The van der Waals surface area contributed by atoms with E-state index < -0.39 is 17.4 Å². The number of piperidine rings is 1. The van der Waals surface area contributed by atoms with Crippen LogP contribution in [0, 0.1) is 5.41 Å². The summed E-state index contributed by atoms with van der Waals surface area (Å²) in [4.78, 5) is 27.3. The molecule has 0 aliphatic carbocycles. The van der Waals surface area contributed by atoms with Crippen LogP contribution in [0.1, 0.15) is 26.7 Å². The molecule has 0 saturated carbocycles. The first-order valence-electron chi connectivity index (χ1n) is 7.17. The Labute approximate surface area is 125 Å². The van der Waals surface area contributed by atoms with Crippen LogP contribution in [0.15, 0.2) is 30.3 Å². The van der Waals surface area contributed by atoms with E-state index >= 15 is 0 Å². The summed E-state index contributed by atoms with van der Waals surface area (Å²) in [5, 5.41) is 9.53. The molecular weight excluding hydrogens is 268 g/mol. The fourth-order valence-corrected chi connectivity index (χ4v) is 3.02. The molecule has 114 valence electrons. The Hall–Kier alpha value is -2.04. The summed E-state index contributed by atoms with van der Waals surface area (Å²) in [6.07, 6.45) is 1.63. The zero-order valence-electron chi connectivity index (χ0n) is 12.7. The van der Waals surface area contributed by atoms with Gasteiger partial charge in [-0.05, 0) is 30.4 Å². The Morgan fingerprint density at radius 3 is 2.48 bits per heavy atom. The molecule has 5 heteroatoms. The van der Waals surface area contributed by atoms with Crippen LogP contribution < -0.4 is 4.90 Å². The maximum Gasteiger partial charge on any atom is 0.327 e. The molecular formula is C16H22N2O3. The maximum absolute atomic E-state index is 12.7. The molecule has 1 aromatic rings. The lowest BCUT2D eigenvalue weighted by Gasteiger charge is -2.45. The molecule has 1 aromatic carbocycles. The maximum atomic E-state index is 12.7. The van der Waals surface area contributed by atoms with Crippen molar-refractivity contribution < 1.29 is 14.7 Å². The largest absolute Gasteiger partial charge is 0.480 e. The molecule has 1 aliphatic heterocycles. The van der Waals surface area contributed by atoms with Crippen LogP contribution >= 0.6 is 0 Å². The minimum absolute atomic E-state index is 0.263. The van der Waals surface area contributed by atoms with E-state index in [-0.39, 0.29) is 6.03 Å². The van der Waals surface area contributed by atoms with E-state index in [9.17, 15) is 14.7 Å². The number of urea groups is 1. The molecule has 1 heterocycles. The molecule has 0 spiro atoms. The highest BCUT2D eigenvalue weighted by atomic mass is 16.4. The van der Waals surface area contributed by atoms with Gasteiger partial charge in [-0.1, -0.05) is 32.0 Å². The van der Waals surface area contributed by atoms with E-state index in [2.05, 4.69) is 0 Å². The van der Waals surface area contributed by atoms with Crippen molar-refractivity contribution in [2.75, 3.05) is 18.5 Å². The second kappa shape index (κ2) is 5.76. The Bertz CT molecular complexity index is 528. The number of carbonyl (C=O) groups excluding carboxylic acids is 1. The van der Waals surface area contributed by atoms with Gasteiger partial charge in [0.25, 0.3) is 0 Å². The number of carboxylic acids is 1. The zero-order valence-corrected chi connectivity index (χ0v) is 12.7. The number of amides is 2. The predicted octanol–water partition coefficient (Wildman–Crippen LogP) is 2.82. The van der Waals surface area contributed by atoms with E-state index in [4.69, 9.17) is 0 Å². The third kappa shape index (κ3) is 3.01. The minimum Gasteiger partial charge on any atom is -0.480 e. The number of hydrogen-bond donors (Lipinski definition) is 1. The van der Waals surface area contributed by atoms with Gasteiger partial charge in [0.15, 0.2) is 0 Å². The van der Waals surface area contributed by atoms with E-state index in [1.54, 1.807) is 7.05 Å². The van der Waals surface area contributed by atoms with Gasteiger partial charge in [0.05, 0.1) is 0 Å². The van der Waals surface area contributed by atoms with Crippen LogP contribution in [-0.4, -0.2) is 41.6 Å². The van der Waals surface area contributed by atoms with Crippen molar-refractivity contribution in [3.05, 3.63) is 30.3 Å².